The average molecular weight is 462 g/mol. The first-order chi connectivity index (χ1) is 14.9. The molecule has 1 atom stereocenters. The molecule has 0 N–H and O–H groups in total. The van der Waals surface area contributed by atoms with Crippen LogP contribution in [0.3, 0.4) is 0 Å². The molecular formula is C20H20F6N4O2. The monoisotopic (exact) mass is 462 g/mol. The fraction of sp³-hybridized carbons (Fsp3) is 0.450. The predicted molar refractivity (Wildman–Crippen MR) is 102 cm³/mol. The maximum absolute atomic E-state index is 13.1. The van der Waals surface area contributed by atoms with E-state index in [0.29, 0.717) is 30.8 Å². The van der Waals surface area contributed by atoms with Gasteiger partial charge in [0.15, 0.2) is 5.82 Å². The van der Waals surface area contributed by atoms with Crippen LogP contribution in [-0.2, 0) is 12.4 Å². The van der Waals surface area contributed by atoms with E-state index in [0.717, 1.165) is 0 Å². The highest BCUT2D eigenvalue weighted by atomic mass is 19.4. The molecule has 12 heteroatoms. The number of hydrogen-bond acceptors (Lipinski definition) is 5. The van der Waals surface area contributed by atoms with Crippen molar-refractivity contribution in [2.24, 2.45) is 0 Å². The lowest BCUT2D eigenvalue weighted by atomic mass is 10.0. The second-order valence-electron chi connectivity index (χ2n) is 7.51. The first-order valence-corrected chi connectivity index (χ1v) is 9.60. The van der Waals surface area contributed by atoms with Gasteiger partial charge in [0.2, 0.25) is 0 Å². The molecule has 1 fully saturated rings. The van der Waals surface area contributed by atoms with Crippen LogP contribution in [0.5, 0.6) is 5.88 Å². The van der Waals surface area contributed by atoms with Crippen LogP contribution < -0.4 is 9.64 Å². The Kier molecular flexibility index (Phi) is 6.51. The van der Waals surface area contributed by atoms with Crippen LogP contribution in [0.1, 0.15) is 34.3 Å². The molecule has 0 radical (unpaired) electrons. The van der Waals surface area contributed by atoms with E-state index >= 15 is 0 Å². The number of alkyl halides is 6. The largest absolute Gasteiger partial charge is 0.470 e. The summed E-state index contributed by atoms with van der Waals surface area (Å²) in [5.74, 6) is -0.263. The first-order valence-electron chi connectivity index (χ1n) is 9.60. The first kappa shape index (κ1) is 23.6. The number of carbonyl (C=O) groups is 1. The zero-order chi connectivity index (χ0) is 23.7. The van der Waals surface area contributed by atoms with Gasteiger partial charge in [-0.15, -0.1) is 0 Å². The number of amides is 1. The Hall–Kier alpha value is -3.05. The molecular weight excluding hydrogens is 442 g/mol. The number of rotatable bonds is 4. The molecule has 1 aliphatic heterocycles. The quantitative estimate of drug-likeness (QED) is 0.636. The number of carbonyl (C=O) groups excluding carboxylic acids is 1. The number of halogens is 6. The van der Waals surface area contributed by atoms with Gasteiger partial charge in [-0.2, -0.15) is 26.3 Å². The topological polar surface area (TPSA) is 58.6 Å². The van der Waals surface area contributed by atoms with E-state index in [1.807, 2.05) is 0 Å². The van der Waals surface area contributed by atoms with Crippen molar-refractivity contribution in [1.82, 2.24) is 14.9 Å². The highest BCUT2D eigenvalue weighted by molar-refractivity contribution is 5.94. The molecule has 6 nitrogen and oxygen atoms in total. The van der Waals surface area contributed by atoms with Crippen molar-refractivity contribution in [3.8, 4) is 5.88 Å². The van der Waals surface area contributed by atoms with Crippen molar-refractivity contribution in [1.29, 1.82) is 0 Å². The molecule has 1 aromatic heterocycles. The number of anilines is 1. The third-order valence-corrected chi connectivity index (χ3v) is 4.85. The highest BCUT2D eigenvalue weighted by Crippen LogP contribution is 2.36. The third-order valence-electron chi connectivity index (χ3n) is 4.85. The van der Waals surface area contributed by atoms with E-state index < -0.39 is 41.1 Å². The van der Waals surface area contributed by atoms with Gasteiger partial charge in [0.1, 0.15) is 6.10 Å². The Labute approximate surface area is 179 Å². The van der Waals surface area contributed by atoms with Crippen molar-refractivity contribution in [2.75, 3.05) is 32.1 Å². The summed E-state index contributed by atoms with van der Waals surface area (Å²) >= 11 is 0. The summed E-state index contributed by atoms with van der Waals surface area (Å²) in [6.07, 6.45) is -6.71. The SMILES string of the molecule is CN(C)c1nccnc1OC1CCCN(C(=O)c2cc(C(F)(F)F)cc(C(F)(F)F)c2)C1. The zero-order valence-corrected chi connectivity index (χ0v) is 17.2. The van der Waals surface area contributed by atoms with Gasteiger partial charge < -0.3 is 14.5 Å². The van der Waals surface area contributed by atoms with Gasteiger partial charge in [0, 0.05) is 38.6 Å². The highest BCUT2D eigenvalue weighted by Gasteiger charge is 2.38. The van der Waals surface area contributed by atoms with Crippen molar-refractivity contribution in [3.05, 3.63) is 47.3 Å². The molecule has 174 valence electrons. The van der Waals surface area contributed by atoms with E-state index in [9.17, 15) is 31.1 Å². The molecule has 0 bridgehead atoms. The van der Waals surface area contributed by atoms with Gasteiger partial charge in [-0.1, -0.05) is 0 Å². The second kappa shape index (κ2) is 8.83. The zero-order valence-electron chi connectivity index (χ0n) is 17.2. The standard InChI is InChI=1S/C20H20F6N4O2/c1-29(2)16-17(28-6-5-27-16)32-15-4-3-7-30(11-15)18(31)12-8-13(19(21,22)23)10-14(9-12)20(24,25)26/h5-6,8-10,15H,3-4,7,11H2,1-2H3. The minimum atomic E-state index is -5.03. The Bertz CT molecular complexity index is 945. The van der Waals surface area contributed by atoms with Gasteiger partial charge in [-0.3, -0.25) is 4.79 Å². The summed E-state index contributed by atoms with van der Waals surface area (Å²) in [5, 5.41) is 0. The molecule has 1 amide bonds. The van der Waals surface area contributed by atoms with Crippen LogP contribution in [0.15, 0.2) is 30.6 Å². The van der Waals surface area contributed by atoms with Crippen LogP contribution in [-0.4, -0.2) is 54.1 Å². The molecule has 0 spiro atoms. The summed E-state index contributed by atoms with van der Waals surface area (Å²) < 4.78 is 84.6. The smallest absolute Gasteiger partial charge is 0.416 e. The average Bonchev–Trinajstić information content (AvgIpc) is 2.72. The summed E-state index contributed by atoms with van der Waals surface area (Å²) in [4.78, 5) is 24.0. The number of benzene rings is 1. The Morgan fingerprint density at radius 1 is 1.03 bits per heavy atom. The van der Waals surface area contributed by atoms with E-state index in [1.54, 1.807) is 19.0 Å². The molecule has 1 unspecified atom stereocenters. The molecule has 32 heavy (non-hydrogen) atoms. The van der Waals surface area contributed by atoms with E-state index in [2.05, 4.69) is 9.97 Å². The number of likely N-dealkylation sites (tertiary alicyclic amines) is 1. The minimum Gasteiger partial charge on any atom is -0.470 e. The van der Waals surface area contributed by atoms with Crippen LogP contribution in [0.2, 0.25) is 0 Å². The predicted octanol–water partition coefficient (Wildman–Crippen LogP) is 4.26. The van der Waals surface area contributed by atoms with E-state index in [4.69, 9.17) is 4.74 Å². The maximum atomic E-state index is 13.1. The lowest BCUT2D eigenvalue weighted by molar-refractivity contribution is -0.143. The molecule has 1 aliphatic rings. The van der Waals surface area contributed by atoms with Gasteiger partial charge in [0.05, 0.1) is 17.7 Å². The van der Waals surface area contributed by atoms with Crippen molar-refractivity contribution < 1.29 is 35.9 Å². The van der Waals surface area contributed by atoms with Gasteiger partial charge in [-0.05, 0) is 31.0 Å². The van der Waals surface area contributed by atoms with Crippen LogP contribution in [0.4, 0.5) is 32.2 Å². The lowest BCUT2D eigenvalue weighted by Crippen LogP contribution is -2.44. The van der Waals surface area contributed by atoms with Gasteiger partial charge in [-0.25, -0.2) is 9.97 Å². The number of aromatic nitrogens is 2. The van der Waals surface area contributed by atoms with Gasteiger partial charge >= 0.3 is 12.4 Å². The molecule has 3 rings (SSSR count). The Balaban J connectivity index is 1.84. The molecule has 1 aromatic carbocycles. The van der Waals surface area contributed by atoms with Crippen LogP contribution in [0.25, 0.3) is 0 Å². The summed E-state index contributed by atoms with van der Waals surface area (Å²) in [7, 11) is 3.47. The van der Waals surface area contributed by atoms with Gasteiger partial charge in [0.25, 0.3) is 11.8 Å². The Morgan fingerprint density at radius 2 is 1.62 bits per heavy atom. The normalized spacial score (nSPS) is 17.2. The summed E-state index contributed by atoms with van der Waals surface area (Å²) in [5.41, 5.74) is -3.74. The van der Waals surface area contributed by atoms with Crippen LogP contribution in [0, 0.1) is 0 Å². The number of piperidine rings is 1. The number of ether oxygens (including phenoxy) is 1. The Morgan fingerprint density at radius 3 is 2.19 bits per heavy atom. The van der Waals surface area contributed by atoms with E-state index in [1.165, 1.54) is 17.3 Å². The van der Waals surface area contributed by atoms with E-state index in [-0.39, 0.29) is 25.0 Å². The number of hydrogen-bond donors (Lipinski definition) is 0. The van der Waals surface area contributed by atoms with Crippen molar-refractivity contribution in [2.45, 2.75) is 31.3 Å². The number of nitrogens with zero attached hydrogens (tertiary/aromatic N) is 4. The van der Waals surface area contributed by atoms with Crippen molar-refractivity contribution >= 4 is 11.7 Å². The molecule has 2 aromatic rings. The fourth-order valence-corrected chi connectivity index (χ4v) is 3.35. The molecule has 1 saturated heterocycles. The summed E-state index contributed by atoms with van der Waals surface area (Å²) in [6.45, 7) is 0.164. The van der Waals surface area contributed by atoms with Crippen LogP contribution >= 0.6 is 0 Å². The second-order valence-corrected chi connectivity index (χ2v) is 7.51. The molecule has 2 heterocycles. The fourth-order valence-electron chi connectivity index (χ4n) is 3.35. The minimum absolute atomic E-state index is 0.00422. The molecule has 0 saturated carbocycles. The maximum Gasteiger partial charge on any atom is 0.416 e. The van der Waals surface area contributed by atoms with Crippen molar-refractivity contribution in [3.63, 3.8) is 0 Å². The third kappa shape index (κ3) is 5.40. The summed E-state index contributed by atoms with van der Waals surface area (Å²) in [6, 6.07) is 0.874. The molecule has 0 aliphatic carbocycles. The lowest BCUT2D eigenvalue weighted by Gasteiger charge is -2.33.